The van der Waals surface area contributed by atoms with Crippen molar-refractivity contribution < 1.29 is 22.7 Å². The number of methoxy groups -OCH3 is 2. The molecule has 0 radical (unpaired) electrons. The summed E-state index contributed by atoms with van der Waals surface area (Å²) in [6, 6.07) is 13.6. The van der Waals surface area contributed by atoms with Crippen molar-refractivity contribution in [3.63, 3.8) is 0 Å². The van der Waals surface area contributed by atoms with E-state index in [9.17, 15) is 13.2 Å². The number of carbonyl (C=O) groups excluding carboxylic acids is 1. The molecular formula is C22H24N4O5S2. The predicted octanol–water partition coefficient (Wildman–Crippen LogP) is 3.26. The number of aromatic nitrogens is 2. The summed E-state index contributed by atoms with van der Waals surface area (Å²) in [7, 11) is -0.579. The van der Waals surface area contributed by atoms with Gasteiger partial charge in [-0.3, -0.25) is 4.79 Å². The minimum atomic E-state index is -3.70. The zero-order valence-corrected chi connectivity index (χ0v) is 19.9. The molecule has 4 rings (SSSR count). The molecule has 3 aromatic rings. The van der Waals surface area contributed by atoms with Crippen LogP contribution in [-0.2, 0) is 14.8 Å². The number of sulfonamides is 1. The molecule has 1 atom stereocenters. The van der Waals surface area contributed by atoms with Crippen molar-refractivity contribution in [2.24, 2.45) is 5.92 Å². The molecule has 0 aliphatic carbocycles. The highest BCUT2D eigenvalue weighted by Crippen LogP contribution is 2.29. The minimum absolute atomic E-state index is 0.115. The second kappa shape index (κ2) is 9.86. The SMILES string of the molecule is COc1ccc(-c2nnc(NC(=O)C3CCCN(S(=O)(=O)c4ccc(OC)cc4)C3)s2)cc1. The van der Waals surface area contributed by atoms with Gasteiger partial charge in [0, 0.05) is 18.7 Å². The summed E-state index contributed by atoms with van der Waals surface area (Å²) in [6.45, 7) is 0.489. The number of hydrogen-bond acceptors (Lipinski definition) is 8. The summed E-state index contributed by atoms with van der Waals surface area (Å²) in [4.78, 5) is 13.0. The molecule has 1 fully saturated rings. The van der Waals surface area contributed by atoms with Crippen LogP contribution in [0.5, 0.6) is 11.5 Å². The molecule has 0 saturated carbocycles. The molecule has 1 aromatic heterocycles. The lowest BCUT2D eigenvalue weighted by Gasteiger charge is -2.31. The standard InChI is InChI=1S/C22H24N4O5S2/c1-30-17-7-5-15(6-8-17)21-24-25-22(32-21)23-20(27)16-4-3-13-26(14-16)33(28,29)19-11-9-18(31-2)10-12-19/h5-12,16H,3-4,13-14H2,1-2H3,(H,23,25,27). The molecule has 1 unspecified atom stereocenters. The lowest BCUT2D eigenvalue weighted by molar-refractivity contribution is -0.120. The van der Waals surface area contributed by atoms with Gasteiger partial charge in [0.1, 0.15) is 16.5 Å². The van der Waals surface area contributed by atoms with Crippen LogP contribution >= 0.6 is 11.3 Å². The quantitative estimate of drug-likeness (QED) is 0.543. The first-order valence-corrected chi connectivity index (χ1v) is 12.6. The van der Waals surface area contributed by atoms with Crippen LogP contribution in [0.2, 0.25) is 0 Å². The van der Waals surface area contributed by atoms with Crippen molar-refractivity contribution >= 4 is 32.4 Å². The van der Waals surface area contributed by atoms with E-state index in [4.69, 9.17) is 9.47 Å². The number of carbonyl (C=O) groups is 1. The Kier molecular flexibility index (Phi) is 6.91. The van der Waals surface area contributed by atoms with Crippen molar-refractivity contribution in [1.29, 1.82) is 0 Å². The van der Waals surface area contributed by atoms with Crippen LogP contribution in [0.1, 0.15) is 12.8 Å². The maximum absolute atomic E-state index is 13.0. The van der Waals surface area contributed by atoms with Crippen molar-refractivity contribution in [1.82, 2.24) is 14.5 Å². The molecule has 1 saturated heterocycles. The Morgan fingerprint density at radius 1 is 1.03 bits per heavy atom. The number of nitrogens with zero attached hydrogens (tertiary/aromatic N) is 3. The molecule has 11 heteroatoms. The van der Waals surface area contributed by atoms with Gasteiger partial charge in [0.05, 0.1) is 25.0 Å². The fourth-order valence-electron chi connectivity index (χ4n) is 3.60. The number of anilines is 1. The van der Waals surface area contributed by atoms with Gasteiger partial charge < -0.3 is 14.8 Å². The summed E-state index contributed by atoms with van der Waals surface area (Å²) in [5.41, 5.74) is 0.864. The second-order valence-corrected chi connectivity index (χ2v) is 10.4. The van der Waals surface area contributed by atoms with Gasteiger partial charge in [-0.25, -0.2) is 8.42 Å². The van der Waals surface area contributed by atoms with Crippen molar-refractivity contribution in [2.75, 3.05) is 32.6 Å². The van der Waals surface area contributed by atoms with Gasteiger partial charge in [0.25, 0.3) is 0 Å². The minimum Gasteiger partial charge on any atom is -0.497 e. The molecule has 2 aromatic carbocycles. The zero-order chi connectivity index (χ0) is 23.4. The van der Waals surface area contributed by atoms with Crippen LogP contribution in [0.25, 0.3) is 10.6 Å². The summed E-state index contributed by atoms with van der Waals surface area (Å²) in [5, 5.41) is 12.0. The smallest absolute Gasteiger partial charge is 0.243 e. The molecule has 2 heterocycles. The van der Waals surface area contributed by atoms with Gasteiger partial charge >= 0.3 is 0 Å². The Bertz CT molecular complexity index is 1210. The maximum atomic E-state index is 13.0. The second-order valence-electron chi connectivity index (χ2n) is 7.51. The van der Waals surface area contributed by atoms with E-state index < -0.39 is 15.9 Å². The van der Waals surface area contributed by atoms with Crippen LogP contribution in [0.4, 0.5) is 5.13 Å². The van der Waals surface area contributed by atoms with E-state index in [1.807, 2.05) is 24.3 Å². The van der Waals surface area contributed by atoms with E-state index >= 15 is 0 Å². The van der Waals surface area contributed by atoms with Crippen molar-refractivity contribution in [2.45, 2.75) is 17.7 Å². The van der Waals surface area contributed by atoms with Crippen LogP contribution in [0.3, 0.4) is 0 Å². The Hall–Kier alpha value is -3.02. The molecule has 0 spiro atoms. The summed E-state index contributed by atoms with van der Waals surface area (Å²) in [6.07, 6.45) is 1.20. The number of piperidine rings is 1. The molecular weight excluding hydrogens is 464 g/mol. The molecule has 9 nitrogen and oxygen atoms in total. The van der Waals surface area contributed by atoms with Crippen LogP contribution in [0, 0.1) is 5.92 Å². The first kappa shape index (κ1) is 23.1. The number of hydrogen-bond donors (Lipinski definition) is 1. The summed E-state index contributed by atoms with van der Waals surface area (Å²) >= 11 is 1.26. The molecule has 174 valence electrons. The van der Waals surface area contributed by atoms with Gasteiger partial charge in [0.2, 0.25) is 21.1 Å². The largest absolute Gasteiger partial charge is 0.497 e. The van der Waals surface area contributed by atoms with Gasteiger partial charge in [-0.05, 0) is 61.4 Å². The van der Waals surface area contributed by atoms with Crippen LogP contribution in [-0.4, -0.2) is 56.1 Å². The number of nitrogens with one attached hydrogen (secondary N) is 1. The summed E-state index contributed by atoms with van der Waals surface area (Å²) in [5.74, 6) is 0.585. The Morgan fingerprint density at radius 2 is 1.67 bits per heavy atom. The fourth-order valence-corrected chi connectivity index (χ4v) is 5.88. The normalized spacial score (nSPS) is 16.8. The number of rotatable bonds is 7. The van der Waals surface area contributed by atoms with Crippen molar-refractivity contribution in [3.8, 4) is 22.1 Å². The molecule has 1 amide bonds. The highest BCUT2D eigenvalue weighted by atomic mass is 32.2. The average Bonchev–Trinajstić information content (AvgIpc) is 3.32. The average molecular weight is 489 g/mol. The Balaban J connectivity index is 1.42. The lowest BCUT2D eigenvalue weighted by atomic mass is 9.99. The third-order valence-electron chi connectivity index (χ3n) is 5.44. The number of amides is 1. The third kappa shape index (κ3) is 5.15. The Labute approximate surface area is 196 Å². The molecule has 0 bridgehead atoms. The number of benzene rings is 2. The molecule has 1 N–H and O–H groups in total. The van der Waals surface area contributed by atoms with Crippen molar-refractivity contribution in [3.05, 3.63) is 48.5 Å². The topological polar surface area (TPSA) is 111 Å². The third-order valence-corrected chi connectivity index (χ3v) is 8.21. The monoisotopic (exact) mass is 488 g/mol. The first-order chi connectivity index (χ1) is 15.9. The molecule has 1 aliphatic rings. The van der Waals surface area contributed by atoms with E-state index in [0.29, 0.717) is 35.3 Å². The van der Waals surface area contributed by atoms with Gasteiger partial charge in [0.15, 0.2) is 0 Å². The van der Waals surface area contributed by atoms with Gasteiger partial charge in [-0.1, -0.05) is 11.3 Å². The molecule has 1 aliphatic heterocycles. The van der Waals surface area contributed by atoms with Gasteiger partial charge in [-0.15, -0.1) is 10.2 Å². The van der Waals surface area contributed by atoms with Crippen LogP contribution in [0.15, 0.2) is 53.4 Å². The maximum Gasteiger partial charge on any atom is 0.243 e. The lowest BCUT2D eigenvalue weighted by Crippen LogP contribution is -2.43. The molecule has 33 heavy (non-hydrogen) atoms. The first-order valence-electron chi connectivity index (χ1n) is 10.3. The van der Waals surface area contributed by atoms with Gasteiger partial charge in [-0.2, -0.15) is 4.31 Å². The van der Waals surface area contributed by atoms with E-state index in [1.54, 1.807) is 19.2 Å². The van der Waals surface area contributed by atoms with E-state index in [1.165, 1.54) is 34.9 Å². The summed E-state index contributed by atoms with van der Waals surface area (Å²) < 4.78 is 37.7. The predicted molar refractivity (Wildman–Crippen MR) is 125 cm³/mol. The number of ether oxygens (including phenoxy) is 2. The Morgan fingerprint density at radius 3 is 2.30 bits per heavy atom. The van der Waals surface area contributed by atoms with Crippen LogP contribution < -0.4 is 14.8 Å². The van der Waals surface area contributed by atoms with E-state index in [2.05, 4.69) is 15.5 Å². The zero-order valence-electron chi connectivity index (χ0n) is 18.2. The highest BCUT2D eigenvalue weighted by Gasteiger charge is 2.33. The highest BCUT2D eigenvalue weighted by molar-refractivity contribution is 7.89. The fraction of sp³-hybridized carbons (Fsp3) is 0.318. The van der Waals surface area contributed by atoms with E-state index in [-0.39, 0.29) is 17.3 Å². The van der Waals surface area contributed by atoms with E-state index in [0.717, 1.165) is 11.3 Å².